The predicted octanol–water partition coefficient (Wildman–Crippen LogP) is 3.05. The maximum atomic E-state index is 12.6. The fourth-order valence-corrected chi connectivity index (χ4v) is 2.50. The van der Waals surface area contributed by atoms with Crippen molar-refractivity contribution in [2.75, 3.05) is 6.54 Å². The molecule has 18 heavy (non-hydrogen) atoms. The van der Waals surface area contributed by atoms with Gasteiger partial charge in [-0.1, -0.05) is 25.1 Å². The molecule has 1 saturated heterocycles. The Labute approximate surface area is 106 Å². The summed E-state index contributed by atoms with van der Waals surface area (Å²) in [6.07, 6.45) is -1.23. The Kier molecular flexibility index (Phi) is 4.30. The lowest BCUT2D eigenvalue weighted by molar-refractivity contribution is 0.101. The van der Waals surface area contributed by atoms with Crippen LogP contribution < -0.4 is 5.32 Å². The van der Waals surface area contributed by atoms with Crippen LogP contribution in [0.15, 0.2) is 24.3 Å². The normalized spacial score (nSPS) is 26.3. The highest BCUT2D eigenvalue weighted by Crippen LogP contribution is 2.28. The summed E-state index contributed by atoms with van der Waals surface area (Å²) in [5.41, 5.74) is 0.537. The van der Waals surface area contributed by atoms with Crippen molar-refractivity contribution in [3.63, 3.8) is 0 Å². The molecule has 1 heterocycles. The van der Waals surface area contributed by atoms with Crippen molar-refractivity contribution >= 4 is 0 Å². The fraction of sp³-hybridized carbons (Fsp3) is 0.571. The zero-order valence-electron chi connectivity index (χ0n) is 10.4. The molecule has 0 bridgehead atoms. The van der Waals surface area contributed by atoms with Gasteiger partial charge in [-0.2, -0.15) is 0 Å². The molecule has 1 aromatic carbocycles. The quantitative estimate of drug-likeness (QED) is 0.870. The first kappa shape index (κ1) is 13.4. The summed E-state index contributed by atoms with van der Waals surface area (Å²) in [6, 6.07) is 6.03. The van der Waals surface area contributed by atoms with Gasteiger partial charge in [0.1, 0.15) is 0 Å². The van der Waals surface area contributed by atoms with Crippen LogP contribution in [-0.4, -0.2) is 17.7 Å². The number of nitrogens with one attached hydrogen (secondary N) is 1. The highest BCUT2D eigenvalue weighted by molar-refractivity contribution is 5.27. The summed E-state index contributed by atoms with van der Waals surface area (Å²) in [6.45, 7) is 3.02. The molecule has 1 aliphatic rings. The molecule has 0 amide bonds. The van der Waals surface area contributed by atoms with Gasteiger partial charge >= 0.3 is 0 Å². The van der Waals surface area contributed by atoms with E-state index in [0.29, 0.717) is 11.5 Å². The highest BCUT2D eigenvalue weighted by Gasteiger charge is 2.26. The molecule has 0 radical (unpaired) electrons. The molecule has 1 aliphatic heterocycles. The van der Waals surface area contributed by atoms with Crippen molar-refractivity contribution in [2.45, 2.75) is 38.3 Å². The minimum absolute atomic E-state index is 0.0320. The van der Waals surface area contributed by atoms with E-state index in [9.17, 15) is 13.9 Å². The van der Waals surface area contributed by atoms with Gasteiger partial charge in [0, 0.05) is 11.6 Å². The zero-order chi connectivity index (χ0) is 13.1. The molecule has 4 heteroatoms. The maximum Gasteiger partial charge on any atom is 0.263 e. The van der Waals surface area contributed by atoms with E-state index in [-0.39, 0.29) is 11.6 Å². The number of piperidine rings is 1. The highest BCUT2D eigenvalue weighted by atomic mass is 19.3. The third-order valence-electron chi connectivity index (χ3n) is 3.59. The van der Waals surface area contributed by atoms with E-state index in [1.165, 1.54) is 12.1 Å². The SMILES string of the molecule is CC1CCNC(C(O)c2cccc(C(F)F)c2)C1. The molecule has 0 aliphatic carbocycles. The Bertz CT molecular complexity index is 397. The molecule has 0 spiro atoms. The first-order valence-corrected chi connectivity index (χ1v) is 6.37. The summed E-state index contributed by atoms with van der Waals surface area (Å²) >= 11 is 0. The minimum Gasteiger partial charge on any atom is -0.387 e. The number of aliphatic hydroxyl groups excluding tert-OH is 1. The van der Waals surface area contributed by atoms with E-state index in [2.05, 4.69) is 12.2 Å². The Morgan fingerprint density at radius 3 is 2.72 bits per heavy atom. The van der Waals surface area contributed by atoms with Crippen LogP contribution in [0.4, 0.5) is 8.78 Å². The first-order valence-electron chi connectivity index (χ1n) is 6.37. The van der Waals surface area contributed by atoms with Gasteiger partial charge in [-0.05, 0) is 36.9 Å². The van der Waals surface area contributed by atoms with E-state index in [1.807, 2.05) is 0 Å². The smallest absolute Gasteiger partial charge is 0.263 e. The standard InChI is InChI=1S/C14H19F2NO/c1-9-5-6-17-12(7-9)13(18)10-3-2-4-11(8-10)14(15)16/h2-4,8-9,12-14,17-18H,5-7H2,1H3. The van der Waals surface area contributed by atoms with Crippen molar-refractivity contribution in [3.05, 3.63) is 35.4 Å². The Morgan fingerprint density at radius 2 is 2.06 bits per heavy atom. The number of rotatable bonds is 3. The molecule has 2 nitrogen and oxygen atoms in total. The van der Waals surface area contributed by atoms with Gasteiger partial charge in [-0.15, -0.1) is 0 Å². The van der Waals surface area contributed by atoms with Gasteiger partial charge in [0.2, 0.25) is 0 Å². The van der Waals surface area contributed by atoms with Crippen LogP contribution in [-0.2, 0) is 0 Å². The van der Waals surface area contributed by atoms with E-state index in [1.54, 1.807) is 12.1 Å². The molecule has 100 valence electrons. The van der Waals surface area contributed by atoms with Gasteiger partial charge in [0.15, 0.2) is 0 Å². The number of benzene rings is 1. The van der Waals surface area contributed by atoms with E-state index < -0.39 is 12.5 Å². The Hall–Kier alpha value is -1.00. The van der Waals surface area contributed by atoms with Gasteiger partial charge in [0.25, 0.3) is 6.43 Å². The number of aliphatic hydroxyl groups is 1. The maximum absolute atomic E-state index is 12.6. The topological polar surface area (TPSA) is 32.3 Å². The van der Waals surface area contributed by atoms with Crippen molar-refractivity contribution in [2.24, 2.45) is 5.92 Å². The molecule has 2 N–H and O–H groups in total. The van der Waals surface area contributed by atoms with Crippen molar-refractivity contribution in [1.82, 2.24) is 5.32 Å². The van der Waals surface area contributed by atoms with Crippen LogP contribution in [0.1, 0.15) is 43.4 Å². The molecule has 0 aromatic heterocycles. The number of alkyl halides is 2. The van der Waals surface area contributed by atoms with Crippen LogP contribution in [0.5, 0.6) is 0 Å². The minimum atomic E-state index is -2.49. The average Bonchev–Trinajstić information content (AvgIpc) is 2.38. The van der Waals surface area contributed by atoms with Crippen molar-refractivity contribution in [1.29, 1.82) is 0 Å². The second kappa shape index (κ2) is 5.76. The lowest BCUT2D eigenvalue weighted by Gasteiger charge is -2.32. The van der Waals surface area contributed by atoms with Gasteiger partial charge in [-0.25, -0.2) is 8.78 Å². The largest absolute Gasteiger partial charge is 0.387 e. The van der Waals surface area contributed by atoms with Gasteiger partial charge < -0.3 is 10.4 Å². The third-order valence-corrected chi connectivity index (χ3v) is 3.59. The average molecular weight is 255 g/mol. The number of hydrogen-bond acceptors (Lipinski definition) is 2. The van der Waals surface area contributed by atoms with E-state index >= 15 is 0 Å². The monoisotopic (exact) mass is 255 g/mol. The summed E-state index contributed by atoms with van der Waals surface area (Å²) in [7, 11) is 0. The number of halogens is 2. The summed E-state index contributed by atoms with van der Waals surface area (Å²) in [5.74, 6) is 0.559. The summed E-state index contributed by atoms with van der Waals surface area (Å²) in [5, 5.41) is 13.5. The zero-order valence-corrected chi connectivity index (χ0v) is 10.4. The first-order chi connectivity index (χ1) is 8.58. The number of hydrogen-bond donors (Lipinski definition) is 2. The molecule has 2 rings (SSSR count). The van der Waals surface area contributed by atoms with E-state index in [0.717, 1.165) is 19.4 Å². The van der Waals surface area contributed by atoms with Crippen molar-refractivity contribution < 1.29 is 13.9 Å². The summed E-state index contributed by atoms with van der Waals surface area (Å²) < 4.78 is 25.2. The molecule has 0 saturated carbocycles. The van der Waals surface area contributed by atoms with Gasteiger partial charge in [0.05, 0.1) is 6.10 Å². The third kappa shape index (κ3) is 3.06. The lowest BCUT2D eigenvalue weighted by atomic mass is 9.88. The second-order valence-corrected chi connectivity index (χ2v) is 5.11. The van der Waals surface area contributed by atoms with Crippen LogP contribution in [0.2, 0.25) is 0 Å². The van der Waals surface area contributed by atoms with Crippen molar-refractivity contribution in [3.8, 4) is 0 Å². The predicted molar refractivity (Wildman–Crippen MR) is 66.5 cm³/mol. The molecule has 1 fully saturated rings. The molecular formula is C14H19F2NO. The van der Waals surface area contributed by atoms with Crippen LogP contribution in [0.25, 0.3) is 0 Å². The Morgan fingerprint density at radius 1 is 1.33 bits per heavy atom. The lowest BCUT2D eigenvalue weighted by Crippen LogP contribution is -2.41. The molecule has 3 unspecified atom stereocenters. The van der Waals surface area contributed by atoms with Gasteiger partial charge in [-0.3, -0.25) is 0 Å². The van der Waals surface area contributed by atoms with E-state index in [4.69, 9.17) is 0 Å². The fourth-order valence-electron chi connectivity index (χ4n) is 2.50. The molecular weight excluding hydrogens is 236 g/mol. The molecule has 1 aromatic rings. The van der Waals surface area contributed by atoms with Crippen LogP contribution in [0, 0.1) is 5.92 Å². The molecule has 3 atom stereocenters. The van der Waals surface area contributed by atoms with Crippen LogP contribution in [0.3, 0.4) is 0 Å². The van der Waals surface area contributed by atoms with Crippen LogP contribution >= 0.6 is 0 Å². The summed E-state index contributed by atoms with van der Waals surface area (Å²) in [4.78, 5) is 0. The second-order valence-electron chi connectivity index (χ2n) is 5.11. The Balaban J connectivity index is 2.12.